The summed E-state index contributed by atoms with van der Waals surface area (Å²) in [4.78, 5) is 12.3. The average molecular weight is 329 g/mol. The number of carbonyl (C=O) groups is 1. The number of benzene rings is 2. The highest BCUT2D eigenvalue weighted by molar-refractivity contribution is 7.89. The smallest absolute Gasteiger partial charge is 0.240 e. The minimum atomic E-state index is -3.48. The Morgan fingerprint density at radius 2 is 1.65 bits per heavy atom. The molecule has 4 nitrogen and oxygen atoms in total. The molecule has 0 unspecified atom stereocenters. The van der Waals surface area contributed by atoms with Gasteiger partial charge < -0.3 is 0 Å². The van der Waals surface area contributed by atoms with Crippen LogP contribution in [0.4, 0.5) is 0 Å². The number of aryl methyl sites for hydroxylation is 1. The molecule has 2 aromatic rings. The van der Waals surface area contributed by atoms with Crippen LogP contribution in [0.3, 0.4) is 0 Å². The average Bonchev–Trinajstić information content (AvgIpc) is 2.60. The normalized spacial score (nSPS) is 11.7. The maximum absolute atomic E-state index is 12.1. The summed E-state index contributed by atoms with van der Waals surface area (Å²) in [6.45, 7) is 2.09. The van der Waals surface area contributed by atoms with E-state index < -0.39 is 10.0 Å². The summed E-state index contributed by atoms with van der Waals surface area (Å²) in [5, 5.41) is 0. The van der Waals surface area contributed by atoms with E-state index in [-0.39, 0.29) is 10.7 Å². The molecule has 5 heteroatoms. The van der Waals surface area contributed by atoms with Crippen molar-refractivity contribution < 1.29 is 13.2 Å². The molecule has 2 aromatic carbocycles. The summed E-state index contributed by atoms with van der Waals surface area (Å²) >= 11 is 0. The standard InChI is InChI=1S/C18H19NO3S/c1-3-14-4-6-15(7-5-14)8-13-18(20)16-9-11-17(12-10-16)23(21,22)19-2/h4-13,19H,3H2,1-2H3/b13-8+. The van der Waals surface area contributed by atoms with E-state index >= 15 is 0 Å². The summed E-state index contributed by atoms with van der Waals surface area (Å²) in [5.41, 5.74) is 2.64. The Balaban J connectivity index is 2.12. The molecule has 0 heterocycles. The van der Waals surface area contributed by atoms with Crippen molar-refractivity contribution in [2.75, 3.05) is 7.05 Å². The lowest BCUT2D eigenvalue weighted by atomic mass is 10.1. The Morgan fingerprint density at radius 1 is 1.04 bits per heavy atom. The molecule has 0 amide bonds. The number of nitrogens with one attached hydrogen (secondary N) is 1. The van der Waals surface area contributed by atoms with Crippen LogP contribution in [0.1, 0.15) is 28.4 Å². The summed E-state index contributed by atoms with van der Waals surface area (Å²) in [6.07, 6.45) is 4.22. The van der Waals surface area contributed by atoms with Gasteiger partial charge in [0.1, 0.15) is 0 Å². The minimum Gasteiger partial charge on any atom is -0.289 e. The molecule has 2 rings (SSSR count). The van der Waals surface area contributed by atoms with Crippen molar-refractivity contribution in [1.82, 2.24) is 4.72 Å². The van der Waals surface area contributed by atoms with Crippen LogP contribution in [0, 0.1) is 0 Å². The topological polar surface area (TPSA) is 63.2 Å². The van der Waals surface area contributed by atoms with Crippen molar-refractivity contribution in [2.45, 2.75) is 18.2 Å². The van der Waals surface area contributed by atoms with Gasteiger partial charge in [0.2, 0.25) is 10.0 Å². The summed E-state index contributed by atoms with van der Waals surface area (Å²) in [5.74, 6) is -0.169. The number of ketones is 1. The largest absolute Gasteiger partial charge is 0.289 e. The molecular formula is C18H19NO3S. The lowest BCUT2D eigenvalue weighted by molar-refractivity contribution is 0.104. The Morgan fingerprint density at radius 3 is 2.17 bits per heavy atom. The van der Waals surface area contributed by atoms with Gasteiger partial charge in [0.25, 0.3) is 0 Å². The van der Waals surface area contributed by atoms with E-state index in [9.17, 15) is 13.2 Å². The third-order valence-electron chi connectivity index (χ3n) is 3.53. The fourth-order valence-corrected chi connectivity index (χ4v) is 2.78. The molecule has 0 aliphatic heterocycles. The molecule has 0 fully saturated rings. The Kier molecular flexibility index (Phi) is 5.47. The maximum Gasteiger partial charge on any atom is 0.240 e. The molecule has 1 N–H and O–H groups in total. The zero-order chi connectivity index (χ0) is 16.9. The highest BCUT2D eigenvalue weighted by atomic mass is 32.2. The van der Waals surface area contributed by atoms with Gasteiger partial charge in [-0.15, -0.1) is 0 Å². The number of sulfonamides is 1. The monoisotopic (exact) mass is 329 g/mol. The van der Waals surface area contributed by atoms with Gasteiger partial charge in [0.05, 0.1) is 4.90 Å². The molecule has 120 valence electrons. The van der Waals surface area contributed by atoms with Crippen molar-refractivity contribution in [2.24, 2.45) is 0 Å². The quantitative estimate of drug-likeness (QED) is 0.654. The molecule has 0 atom stereocenters. The predicted octanol–water partition coefficient (Wildman–Crippen LogP) is 3.05. The third-order valence-corrected chi connectivity index (χ3v) is 4.96. The van der Waals surface area contributed by atoms with Gasteiger partial charge in [-0.2, -0.15) is 0 Å². The van der Waals surface area contributed by atoms with Crippen LogP contribution in [-0.4, -0.2) is 21.2 Å². The van der Waals surface area contributed by atoms with E-state index in [1.54, 1.807) is 6.08 Å². The Labute approximate surface area is 136 Å². The van der Waals surface area contributed by atoms with Crippen molar-refractivity contribution in [3.8, 4) is 0 Å². The van der Waals surface area contributed by atoms with Gasteiger partial charge in [-0.1, -0.05) is 37.3 Å². The number of allylic oxidation sites excluding steroid dienone is 1. The number of hydrogen-bond acceptors (Lipinski definition) is 3. The summed E-state index contributed by atoms with van der Waals surface area (Å²) in [7, 11) is -2.13. The van der Waals surface area contributed by atoms with Crippen LogP contribution in [0.15, 0.2) is 59.5 Å². The zero-order valence-electron chi connectivity index (χ0n) is 13.1. The number of hydrogen-bond donors (Lipinski definition) is 1. The number of carbonyl (C=O) groups excluding carboxylic acids is 1. The van der Waals surface area contributed by atoms with Gasteiger partial charge in [0.15, 0.2) is 5.78 Å². The molecular weight excluding hydrogens is 310 g/mol. The van der Waals surface area contributed by atoms with E-state index in [4.69, 9.17) is 0 Å². The summed E-state index contributed by atoms with van der Waals surface area (Å²) in [6, 6.07) is 13.8. The molecule has 0 spiro atoms. The predicted molar refractivity (Wildman–Crippen MR) is 91.9 cm³/mol. The van der Waals surface area contributed by atoms with E-state index in [1.807, 2.05) is 24.3 Å². The van der Waals surface area contributed by atoms with Crippen LogP contribution in [0.25, 0.3) is 6.08 Å². The van der Waals surface area contributed by atoms with Crippen molar-refractivity contribution >= 4 is 21.9 Å². The van der Waals surface area contributed by atoms with Crippen LogP contribution in [-0.2, 0) is 16.4 Å². The lowest BCUT2D eigenvalue weighted by Gasteiger charge is -2.03. The van der Waals surface area contributed by atoms with Crippen LogP contribution >= 0.6 is 0 Å². The molecule has 0 radical (unpaired) electrons. The maximum atomic E-state index is 12.1. The first kappa shape index (κ1) is 17.1. The highest BCUT2D eigenvalue weighted by Crippen LogP contribution is 2.12. The van der Waals surface area contributed by atoms with Crippen LogP contribution in [0.5, 0.6) is 0 Å². The molecule has 0 aromatic heterocycles. The number of rotatable bonds is 6. The SMILES string of the molecule is CCc1ccc(/C=C/C(=O)c2ccc(S(=O)(=O)NC)cc2)cc1. The van der Waals surface area contributed by atoms with E-state index in [0.29, 0.717) is 5.56 Å². The molecule has 0 aliphatic carbocycles. The first-order chi connectivity index (χ1) is 11.0. The van der Waals surface area contributed by atoms with Crippen molar-refractivity contribution in [3.05, 3.63) is 71.3 Å². The Hall–Kier alpha value is -2.24. The van der Waals surface area contributed by atoms with E-state index in [2.05, 4.69) is 11.6 Å². The first-order valence-corrected chi connectivity index (χ1v) is 8.79. The van der Waals surface area contributed by atoms with Crippen molar-refractivity contribution in [1.29, 1.82) is 0 Å². The summed E-state index contributed by atoms with van der Waals surface area (Å²) < 4.78 is 25.5. The second-order valence-electron chi connectivity index (χ2n) is 5.02. The fourth-order valence-electron chi connectivity index (χ4n) is 2.05. The van der Waals surface area contributed by atoms with Gasteiger partial charge >= 0.3 is 0 Å². The second kappa shape index (κ2) is 7.35. The lowest BCUT2D eigenvalue weighted by Crippen LogP contribution is -2.18. The van der Waals surface area contributed by atoms with Gasteiger partial charge in [-0.25, -0.2) is 13.1 Å². The first-order valence-electron chi connectivity index (χ1n) is 7.31. The highest BCUT2D eigenvalue weighted by Gasteiger charge is 2.11. The van der Waals surface area contributed by atoms with E-state index in [1.165, 1.54) is 43.0 Å². The molecule has 0 aliphatic rings. The van der Waals surface area contributed by atoms with Gasteiger partial charge in [0, 0.05) is 5.56 Å². The van der Waals surface area contributed by atoms with E-state index in [0.717, 1.165) is 12.0 Å². The zero-order valence-corrected chi connectivity index (χ0v) is 13.9. The van der Waals surface area contributed by atoms with Crippen LogP contribution < -0.4 is 4.72 Å². The fraction of sp³-hybridized carbons (Fsp3) is 0.167. The second-order valence-corrected chi connectivity index (χ2v) is 6.91. The molecule has 0 saturated heterocycles. The molecule has 0 bridgehead atoms. The van der Waals surface area contributed by atoms with Crippen LogP contribution in [0.2, 0.25) is 0 Å². The minimum absolute atomic E-state index is 0.135. The third kappa shape index (κ3) is 4.37. The van der Waals surface area contributed by atoms with Gasteiger partial charge in [-0.05, 0) is 54.9 Å². The van der Waals surface area contributed by atoms with Crippen molar-refractivity contribution in [3.63, 3.8) is 0 Å². The Bertz CT molecular complexity index is 804. The van der Waals surface area contributed by atoms with Gasteiger partial charge in [-0.3, -0.25) is 4.79 Å². The molecule has 23 heavy (non-hydrogen) atoms. The molecule has 0 saturated carbocycles.